The molecular formula is C22H19NO4S. The summed E-state index contributed by atoms with van der Waals surface area (Å²) in [5.41, 5.74) is 2.76. The van der Waals surface area contributed by atoms with Gasteiger partial charge in [-0.15, -0.1) is 0 Å². The number of nitrogens with one attached hydrogen (secondary N) is 1. The average molecular weight is 393 g/mol. The Balaban J connectivity index is 1.92. The largest absolute Gasteiger partial charge is 0.466 e. The van der Waals surface area contributed by atoms with E-state index in [1.54, 1.807) is 24.3 Å². The van der Waals surface area contributed by atoms with Crippen LogP contribution in [0.25, 0.3) is 17.2 Å². The van der Waals surface area contributed by atoms with E-state index in [1.807, 2.05) is 42.5 Å². The first-order valence-electron chi connectivity index (χ1n) is 8.53. The molecule has 0 fully saturated rings. The van der Waals surface area contributed by atoms with E-state index in [0.29, 0.717) is 11.3 Å². The lowest BCUT2D eigenvalue weighted by atomic mass is 10.0. The molecule has 0 unspecified atom stereocenters. The van der Waals surface area contributed by atoms with Crippen molar-refractivity contribution in [2.75, 3.05) is 11.8 Å². The fraction of sp³-hybridized carbons (Fsp3) is 0.0455. The number of anilines is 1. The number of benzene rings is 3. The molecule has 0 amide bonds. The molecule has 0 radical (unpaired) electrons. The SMILES string of the molecule is COC(=O)/C=C/c1cccc(S(=O)(=O)Nc2ccccc2-c2ccccc2)c1. The molecule has 6 heteroatoms. The number of carbonyl (C=O) groups is 1. The van der Waals surface area contributed by atoms with E-state index < -0.39 is 16.0 Å². The van der Waals surface area contributed by atoms with Crippen molar-refractivity contribution in [1.82, 2.24) is 0 Å². The molecule has 0 saturated heterocycles. The molecule has 3 aromatic rings. The van der Waals surface area contributed by atoms with Crippen molar-refractivity contribution in [3.05, 3.63) is 90.5 Å². The van der Waals surface area contributed by atoms with Crippen LogP contribution in [0.4, 0.5) is 5.69 Å². The molecule has 142 valence electrons. The second-order valence-corrected chi connectivity index (χ2v) is 7.63. The zero-order valence-electron chi connectivity index (χ0n) is 15.2. The van der Waals surface area contributed by atoms with Gasteiger partial charge < -0.3 is 4.74 Å². The minimum atomic E-state index is -3.81. The highest BCUT2D eigenvalue weighted by molar-refractivity contribution is 7.92. The highest BCUT2D eigenvalue weighted by Gasteiger charge is 2.16. The average Bonchev–Trinajstić information content (AvgIpc) is 2.73. The Bertz CT molecular complexity index is 1110. The Kier molecular flexibility index (Phi) is 5.91. The predicted octanol–water partition coefficient (Wildman–Crippen LogP) is 4.34. The number of hydrogen-bond donors (Lipinski definition) is 1. The van der Waals surface area contributed by atoms with Crippen LogP contribution in [0.15, 0.2) is 89.8 Å². The summed E-state index contributed by atoms with van der Waals surface area (Å²) in [4.78, 5) is 11.3. The highest BCUT2D eigenvalue weighted by Crippen LogP contribution is 2.29. The van der Waals surface area contributed by atoms with Gasteiger partial charge >= 0.3 is 5.97 Å². The molecule has 0 heterocycles. The van der Waals surface area contributed by atoms with Crippen LogP contribution in [0.2, 0.25) is 0 Å². The lowest BCUT2D eigenvalue weighted by Gasteiger charge is -2.13. The van der Waals surface area contributed by atoms with Gasteiger partial charge in [-0.05, 0) is 35.4 Å². The van der Waals surface area contributed by atoms with Gasteiger partial charge in [-0.1, -0.05) is 60.7 Å². The van der Waals surface area contributed by atoms with Gasteiger partial charge in [0.15, 0.2) is 0 Å². The van der Waals surface area contributed by atoms with Crippen LogP contribution in [0.3, 0.4) is 0 Å². The first-order valence-corrected chi connectivity index (χ1v) is 10.0. The summed E-state index contributed by atoms with van der Waals surface area (Å²) < 4.78 is 33.0. The summed E-state index contributed by atoms with van der Waals surface area (Å²) in [6.45, 7) is 0. The van der Waals surface area contributed by atoms with E-state index in [2.05, 4.69) is 9.46 Å². The number of para-hydroxylation sites is 1. The second-order valence-electron chi connectivity index (χ2n) is 5.95. The zero-order valence-corrected chi connectivity index (χ0v) is 16.0. The molecule has 0 bridgehead atoms. The Morgan fingerprint density at radius 2 is 1.64 bits per heavy atom. The second kappa shape index (κ2) is 8.54. The van der Waals surface area contributed by atoms with Crippen molar-refractivity contribution in [2.45, 2.75) is 4.90 Å². The zero-order chi connectivity index (χ0) is 20.0. The molecule has 0 spiro atoms. The third-order valence-corrected chi connectivity index (χ3v) is 5.40. The summed E-state index contributed by atoms with van der Waals surface area (Å²) >= 11 is 0. The predicted molar refractivity (Wildman–Crippen MR) is 110 cm³/mol. The van der Waals surface area contributed by atoms with Gasteiger partial charge in [-0.2, -0.15) is 0 Å². The monoisotopic (exact) mass is 393 g/mol. The normalized spacial score (nSPS) is 11.3. The van der Waals surface area contributed by atoms with Crippen molar-refractivity contribution in [1.29, 1.82) is 0 Å². The van der Waals surface area contributed by atoms with E-state index in [0.717, 1.165) is 11.1 Å². The van der Waals surface area contributed by atoms with Crippen LogP contribution < -0.4 is 4.72 Å². The molecule has 0 aromatic heterocycles. The third kappa shape index (κ3) is 4.66. The smallest absolute Gasteiger partial charge is 0.330 e. The van der Waals surface area contributed by atoms with E-state index >= 15 is 0 Å². The van der Waals surface area contributed by atoms with Gasteiger partial charge in [0.1, 0.15) is 0 Å². The Morgan fingerprint density at radius 3 is 2.39 bits per heavy atom. The van der Waals surface area contributed by atoms with Gasteiger partial charge in [0.2, 0.25) is 0 Å². The van der Waals surface area contributed by atoms with Crippen LogP contribution in [-0.2, 0) is 19.6 Å². The molecule has 28 heavy (non-hydrogen) atoms. The fourth-order valence-electron chi connectivity index (χ4n) is 2.66. The van der Waals surface area contributed by atoms with E-state index in [1.165, 1.54) is 31.4 Å². The van der Waals surface area contributed by atoms with Crippen molar-refractivity contribution >= 4 is 27.8 Å². The van der Waals surface area contributed by atoms with Gasteiger partial charge in [0.05, 0.1) is 17.7 Å². The van der Waals surface area contributed by atoms with Crippen LogP contribution in [0.5, 0.6) is 0 Å². The Hall–Kier alpha value is -3.38. The summed E-state index contributed by atoms with van der Waals surface area (Å²) in [6, 6.07) is 23.1. The van der Waals surface area contributed by atoms with Crippen LogP contribution in [0, 0.1) is 0 Å². The highest BCUT2D eigenvalue weighted by atomic mass is 32.2. The molecule has 0 aliphatic carbocycles. The summed E-state index contributed by atoms with van der Waals surface area (Å²) in [6.07, 6.45) is 2.74. The number of ether oxygens (including phenoxy) is 1. The summed E-state index contributed by atoms with van der Waals surface area (Å²) in [5, 5.41) is 0. The van der Waals surface area contributed by atoms with Crippen LogP contribution >= 0.6 is 0 Å². The Labute approximate surface area is 164 Å². The van der Waals surface area contributed by atoms with E-state index in [4.69, 9.17) is 0 Å². The van der Waals surface area contributed by atoms with Gasteiger partial charge in [0, 0.05) is 11.6 Å². The minimum Gasteiger partial charge on any atom is -0.466 e. The molecule has 0 aliphatic rings. The standard InChI is InChI=1S/C22H19NO4S/c1-27-22(24)15-14-17-8-7-11-19(16-17)28(25,26)23-21-13-6-5-12-20(21)18-9-3-2-4-10-18/h2-16,23H,1H3/b15-14+. The maximum absolute atomic E-state index is 12.9. The number of rotatable bonds is 6. The summed E-state index contributed by atoms with van der Waals surface area (Å²) in [7, 11) is -2.53. The van der Waals surface area contributed by atoms with Crippen LogP contribution in [-0.4, -0.2) is 21.5 Å². The van der Waals surface area contributed by atoms with Gasteiger partial charge in [-0.25, -0.2) is 13.2 Å². The fourth-order valence-corrected chi connectivity index (χ4v) is 3.80. The first-order chi connectivity index (χ1) is 13.5. The molecule has 0 atom stereocenters. The minimum absolute atomic E-state index is 0.0994. The lowest BCUT2D eigenvalue weighted by Crippen LogP contribution is -2.13. The van der Waals surface area contributed by atoms with Crippen LogP contribution in [0.1, 0.15) is 5.56 Å². The molecule has 3 rings (SSSR count). The third-order valence-electron chi connectivity index (χ3n) is 4.04. The number of methoxy groups -OCH3 is 1. The van der Waals surface area contributed by atoms with Crippen molar-refractivity contribution < 1.29 is 17.9 Å². The van der Waals surface area contributed by atoms with Crippen molar-refractivity contribution in [3.8, 4) is 11.1 Å². The topological polar surface area (TPSA) is 72.5 Å². The van der Waals surface area contributed by atoms with Gasteiger partial charge in [0.25, 0.3) is 10.0 Å². The maximum atomic E-state index is 12.9. The summed E-state index contributed by atoms with van der Waals surface area (Å²) in [5.74, 6) is -0.511. The van der Waals surface area contributed by atoms with Crippen molar-refractivity contribution in [3.63, 3.8) is 0 Å². The first kappa shape index (κ1) is 19.4. The number of esters is 1. The molecule has 3 aromatic carbocycles. The molecule has 0 aliphatic heterocycles. The molecule has 0 saturated carbocycles. The van der Waals surface area contributed by atoms with E-state index in [-0.39, 0.29) is 4.90 Å². The number of carbonyl (C=O) groups excluding carboxylic acids is 1. The maximum Gasteiger partial charge on any atom is 0.330 e. The van der Waals surface area contributed by atoms with E-state index in [9.17, 15) is 13.2 Å². The molecular weight excluding hydrogens is 374 g/mol. The number of sulfonamides is 1. The lowest BCUT2D eigenvalue weighted by molar-refractivity contribution is -0.134. The molecule has 5 nitrogen and oxygen atoms in total. The Morgan fingerprint density at radius 1 is 0.929 bits per heavy atom. The van der Waals surface area contributed by atoms with Crippen molar-refractivity contribution in [2.24, 2.45) is 0 Å². The quantitative estimate of drug-likeness (QED) is 0.499. The van der Waals surface area contributed by atoms with Gasteiger partial charge in [-0.3, -0.25) is 4.72 Å². The number of hydrogen-bond acceptors (Lipinski definition) is 4. The molecule has 1 N–H and O–H groups in total.